The van der Waals surface area contributed by atoms with Crippen LogP contribution in [-0.4, -0.2) is 48.8 Å². The summed E-state index contributed by atoms with van der Waals surface area (Å²) >= 11 is 0.912. The number of esters is 1. The number of rotatable bonds is 5. The minimum absolute atomic E-state index is 0.0863. The summed E-state index contributed by atoms with van der Waals surface area (Å²) < 4.78 is 63.0. The highest BCUT2D eigenvalue weighted by Gasteiger charge is 2.32. The van der Waals surface area contributed by atoms with Crippen LogP contribution < -0.4 is 0 Å². The first-order valence-electron chi connectivity index (χ1n) is 8.63. The molecule has 0 unspecified atom stereocenters. The first-order valence-corrected chi connectivity index (χ1v) is 9.45. The summed E-state index contributed by atoms with van der Waals surface area (Å²) in [4.78, 5) is 18.9. The molecule has 0 bridgehead atoms. The van der Waals surface area contributed by atoms with E-state index in [4.69, 9.17) is 9.47 Å². The maximum absolute atomic E-state index is 14.3. The Morgan fingerprint density at radius 2 is 2.04 bits per heavy atom. The highest BCUT2D eigenvalue weighted by atomic mass is 32.1. The molecule has 152 valence electrons. The summed E-state index contributed by atoms with van der Waals surface area (Å²) in [6.45, 7) is 4.59. The van der Waals surface area contributed by atoms with Crippen molar-refractivity contribution in [1.82, 2.24) is 9.88 Å². The number of carbonyl (C=O) groups excluding carboxylic acids is 1. The van der Waals surface area contributed by atoms with E-state index in [0.717, 1.165) is 23.5 Å². The van der Waals surface area contributed by atoms with Crippen molar-refractivity contribution < 1.29 is 31.8 Å². The van der Waals surface area contributed by atoms with Crippen molar-refractivity contribution >= 4 is 17.3 Å². The molecule has 0 radical (unpaired) electrons. The van der Waals surface area contributed by atoms with Gasteiger partial charge in [-0.15, -0.1) is 11.3 Å². The van der Waals surface area contributed by atoms with Crippen LogP contribution in [0.15, 0.2) is 18.2 Å². The van der Waals surface area contributed by atoms with E-state index in [-0.39, 0.29) is 22.1 Å². The van der Waals surface area contributed by atoms with E-state index in [1.165, 1.54) is 0 Å². The number of hydrogen-bond donors (Lipinski definition) is 0. The van der Waals surface area contributed by atoms with Gasteiger partial charge in [0.1, 0.15) is 15.7 Å². The number of benzene rings is 1. The second-order valence-corrected chi connectivity index (χ2v) is 7.10. The monoisotopic (exact) mass is 418 g/mol. The third-order valence-electron chi connectivity index (χ3n) is 4.16. The molecular formula is C18H18F4N2O3S. The van der Waals surface area contributed by atoms with Gasteiger partial charge in [-0.25, -0.2) is 14.2 Å². The smallest absolute Gasteiger partial charge is 0.416 e. The zero-order valence-corrected chi connectivity index (χ0v) is 15.8. The van der Waals surface area contributed by atoms with Crippen LogP contribution >= 0.6 is 11.3 Å². The standard InChI is InChI=1S/C18H18F4N2O3S/c1-2-27-17(25)15-14(10-24-5-7-26-8-6-24)23-16(28-15)12-4-3-11(9-13(12)19)18(20,21)22/h3-4,9H,2,5-8,10H2,1H3. The van der Waals surface area contributed by atoms with Crippen LogP contribution in [0.25, 0.3) is 10.6 Å². The van der Waals surface area contributed by atoms with E-state index in [1.54, 1.807) is 6.92 Å². The van der Waals surface area contributed by atoms with Crippen LogP contribution in [0.5, 0.6) is 0 Å². The molecule has 1 saturated heterocycles. The summed E-state index contributed by atoms with van der Waals surface area (Å²) in [6.07, 6.45) is -4.64. The second kappa shape index (κ2) is 8.54. The Morgan fingerprint density at radius 1 is 1.32 bits per heavy atom. The molecule has 1 aliphatic rings. The molecule has 0 spiro atoms. The summed E-state index contributed by atoms with van der Waals surface area (Å²) in [5, 5.41) is 0.137. The van der Waals surface area contributed by atoms with Crippen molar-refractivity contribution in [3.63, 3.8) is 0 Å². The van der Waals surface area contributed by atoms with Crippen LogP contribution in [0.2, 0.25) is 0 Å². The van der Waals surface area contributed by atoms with Gasteiger partial charge in [0.2, 0.25) is 0 Å². The molecule has 1 fully saturated rings. The number of halogens is 4. The van der Waals surface area contributed by atoms with Gasteiger partial charge < -0.3 is 9.47 Å². The van der Waals surface area contributed by atoms with E-state index in [1.807, 2.05) is 4.90 Å². The lowest BCUT2D eigenvalue weighted by atomic mass is 10.1. The highest BCUT2D eigenvalue weighted by molar-refractivity contribution is 7.17. The molecule has 28 heavy (non-hydrogen) atoms. The Bertz CT molecular complexity index is 848. The molecule has 1 aliphatic heterocycles. The molecule has 1 aromatic carbocycles. The fourth-order valence-corrected chi connectivity index (χ4v) is 3.76. The van der Waals surface area contributed by atoms with Crippen LogP contribution in [0.4, 0.5) is 17.6 Å². The number of carbonyl (C=O) groups is 1. The minimum Gasteiger partial charge on any atom is -0.462 e. The number of ether oxygens (including phenoxy) is 2. The fourth-order valence-electron chi connectivity index (χ4n) is 2.77. The number of aromatic nitrogens is 1. The van der Waals surface area contributed by atoms with Crippen LogP contribution in [0, 0.1) is 5.82 Å². The lowest BCUT2D eigenvalue weighted by molar-refractivity contribution is -0.137. The van der Waals surface area contributed by atoms with Gasteiger partial charge in [-0.05, 0) is 25.1 Å². The molecule has 0 saturated carbocycles. The Hall–Kier alpha value is -2.04. The predicted octanol–water partition coefficient (Wildman–Crippen LogP) is 3.98. The van der Waals surface area contributed by atoms with Gasteiger partial charge in [0.15, 0.2) is 0 Å². The van der Waals surface area contributed by atoms with Gasteiger partial charge in [-0.3, -0.25) is 4.90 Å². The third kappa shape index (κ3) is 4.68. The van der Waals surface area contributed by atoms with Gasteiger partial charge in [0, 0.05) is 25.2 Å². The van der Waals surface area contributed by atoms with Gasteiger partial charge in [-0.1, -0.05) is 0 Å². The molecule has 1 aromatic heterocycles. The van der Waals surface area contributed by atoms with Crippen molar-refractivity contribution in [3.8, 4) is 10.6 Å². The van der Waals surface area contributed by atoms with Crippen molar-refractivity contribution in [2.45, 2.75) is 19.6 Å². The van der Waals surface area contributed by atoms with Crippen LogP contribution in [0.1, 0.15) is 27.9 Å². The zero-order chi connectivity index (χ0) is 20.3. The zero-order valence-electron chi connectivity index (χ0n) is 15.0. The second-order valence-electron chi connectivity index (χ2n) is 6.10. The van der Waals surface area contributed by atoms with Crippen LogP contribution in [-0.2, 0) is 22.2 Å². The summed E-state index contributed by atoms with van der Waals surface area (Å²) in [6, 6.07) is 2.26. The van der Waals surface area contributed by atoms with Crippen molar-refractivity contribution in [2.75, 3.05) is 32.9 Å². The molecule has 0 aliphatic carbocycles. The normalized spacial score (nSPS) is 15.6. The highest BCUT2D eigenvalue weighted by Crippen LogP contribution is 2.35. The van der Waals surface area contributed by atoms with E-state index < -0.39 is 23.5 Å². The molecule has 2 aromatic rings. The Morgan fingerprint density at radius 3 is 2.64 bits per heavy atom. The van der Waals surface area contributed by atoms with Gasteiger partial charge in [0.05, 0.1) is 31.1 Å². The largest absolute Gasteiger partial charge is 0.462 e. The number of nitrogens with zero attached hydrogens (tertiary/aromatic N) is 2. The Kier molecular flexibility index (Phi) is 6.31. The van der Waals surface area contributed by atoms with Crippen molar-refractivity contribution in [1.29, 1.82) is 0 Å². The fraction of sp³-hybridized carbons (Fsp3) is 0.444. The van der Waals surface area contributed by atoms with E-state index in [2.05, 4.69) is 4.98 Å². The average molecular weight is 418 g/mol. The van der Waals surface area contributed by atoms with Gasteiger partial charge >= 0.3 is 12.1 Å². The van der Waals surface area contributed by atoms with E-state index >= 15 is 0 Å². The average Bonchev–Trinajstić information content (AvgIpc) is 3.05. The Labute approximate surface area is 162 Å². The molecule has 10 heteroatoms. The SMILES string of the molecule is CCOC(=O)c1sc(-c2ccc(C(F)(F)F)cc2F)nc1CN1CCOCC1. The molecule has 3 rings (SSSR count). The third-order valence-corrected chi connectivity index (χ3v) is 5.27. The van der Waals surface area contributed by atoms with E-state index in [0.29, 0.717) is 44.6 Å². The number of hydrogen-bond acceptors (Lipinski definition) is 6. The van der Waals surface area contributed by atoms with Crippen molar-refractivity contribution in [2.24, 2.45) is 0 Å². The Balaban J connectivity index is 1.95. The molecule has 5 nitrogen and oxygen atoms in total. The first-order chi connectivity index (χ1) is 13.3. The maximum atomic E-state index is 14.3. The molecular weight excluding hydrogens is 400 g/mol. The van der Waals surface area contributed by atoms with Crippen molar-refractivity contribution in [3.05, 3.63) is 40.2 Å². The molecule has 2 heterocycles. The number of morpholine rings is 1. The lowest BCUT2D eigenvalue weighted by Crippen LogP contribution is -2.36. The molecule has 0 amide bonds. The van der Waals surface area contributed by atoms with E-state index in [9.17, 15) is 22.4 Å². The van der Waals surface area contributed by atoms with Crippen LogP contribution in [0.3, 0.4) is 0 Å². The number of alkyl halides is 3. The minimum atomic E-state index is -4.64. The summed E-state index contributed by atoms with van der Waals surface area (Å²) in [7, 11) is 0. The summed E-state index contributed by atoms with van der Waals surface area (Å²) in [5.41, 5.74) is -0.749. The number of thiazole rings is 1. The molecule has 0 atom stereocenters. The molecule has 0 N–H and O–H groups in total. The maximum Gasteiger partial charge on any atom is 0.416 e. The quantitative estimate of drug-likeness (QED) is 0.543. The van der Waals surface area contributed by atoms with Gasteiger partial charge in [-0.2, -0.15) is 13.2 Å². The lowest BCUT2D eigenvalue weighted by Gasteiger charge is -2.25. The topological polar surface area (TPSA) is 51.7 Å². The summed E-state index contributed by atoms with van der Waals surface area (Å²) in [5.74, 6) is -1.63. The predicted molar refractivity (Wildman–Crippen MR) is 94.6 cm³/mol. The van der Waals surface area contributed by atoms with Gasteiger partial charge in [0.25, 0.3) is 0 Å². The first kappa shape index (κ1) is 20.7.